The maximum absolute atomic E-state index is 12.8. The average Bonchev–Trinajstić information content (AvgIpc) is 3.56. The molecule has 7 heterocycles. The summed E-state index contributed by atoms with van der Waals surface area (Å²) in [6.45, 7) is 12.8. The first-order valence-corrected chi connectivity index (χ1v) is 16.5. The van der Waals surface area contributed by atoms with Gasteiger partial charge in [-0.1, -0.05) is 48.2 Å². The van der Waals surface area contributed by atoms with Crippen LogP contribution in [0, 0.1) is 11.8 Å². The van der Waals surface area contributed by atoms with Gasteiger partial charge in [0, 0.05) is 36.7 Å². The van der Waals surface area contributed by atoms with Gasteiger partial charge in [0.15, 0.2) is 0 Å². The van der Waals surface area contributed by atoms with E-state index in [4.69, 9.17) is 0 Å². The number of aliphatic hydroxyl groups excluding tert-OH is 1. The summed E-state index contributed by atoms with van der Waals surface area (Å²) in [6, 6.07) is 8.71. The lowest BCUT2D eigenvalue weighted by Gasteiger charge is -2.50. The van der Waals surface area contributed by atoms with Crippen molar-refractivity contribution in [3.63, 3.8) is 0 Å². The van der Waals surface area contributed by atoms with Crippen molar-refractivity contribution in [1.82, 2.24) is 14.2 Å². The molecule has 8 rings (SSSR count). The molecular weight excluding hydrogens is 558 g/mol. The van der Waals surface area contributed by atoms with Crippen LogP contribution in [0.2, 0.25) is 0 Å². The number of carbonyl (C=O) groups is 2. The highest BCUT2D eigenvalue weighted by Gasteiger charge is 2.60. The Balaban J connectivity index is 1.17. The van der Waals surface area contributed by atoms with E-state index in [1.54, 1.807) is 30.0 Å². The lowest BCUT2D eigenvalue weighted by atomic mass is 9.77. The van der Waals surface area contributed by atoms with Gasteiger partial charge in [0.05, 0.1) is 42.6 Å². The lowest BCUT2D eigenvalue weighted by molar-refractivity contribution is -0.953. The van der Waals surface area contributed by atoms with E-state index in [0.29, 0.717) is 5.57 Å². The Morgan fingerprint density at radius 2 is 1.93 bits per heavy atom. The number of thiazole rings is 1. The normalized spacial score (nSPS) is 29.8. The largest absolute Gasteiger partial charge is 0.477 e. The minimum Gasteiger partial charge on any atom is -0.477 e. The number of amides is 1. The molecule has 216 valence electrons. The van der Waals surface area contributed by atoms with E-state index in [0.717, 1.165) is 27.8 Å². The minimum atomic E-state index is -1.10. The number of thioether (sulfide) groups is 1. The molecule has 0 unspecified atom stereocenters. The van der Waals surface area contributed by atoms with E-state index >= 15 is 0 Å². The Bertz CT molecular complexity index is 1570. The number of piperazine rings is 3. The molecule has 0 radical (unpaired) electrons. The smallest absolute Gasteiger partial charge is 0.352 e. The SMILES string of the molecule is CSc1c2sc(C3=C(C(=O)O)N4C(=O)[C@H]([C@@H](C)O)[C@H]4[C@H]3C)cn2c[n+]1Cc1cccc(C[N+]23CCN(CC2)CC3)c1. The number of benzene rings is 1. The van der Waals surface area contributed by atoms with Crippen LogP contribution in [0.3, 0.4) is 0 Å². The van der Waals surface area contributed by atoms with Crippen LogP contribution in [-0.4, -0.2) is 98.4 Å². The summed E-state index contributed by atoms with van der Waals surface area (Å²) in [5.74, 6) is -2.14. The number of nitrogens with zero attached hydrogens (tertiary/aromatic N) is 5. The molecule has 2 bridgehead atoms. The van der Waals surface area contributed by atoms with Gasteiger partial charge in [-0.05, 0) is 24.8 Å². The molecule has 1 amide bonds. The highest BCUT2D eigenvalue weighted by Crippen LogP contribution is 2.51. The van der Waals surface area contributed by atoms with Crippen molar-refractivity contribution in [2.24, 2.45) is 11.8 Å². The number of carboxylic acids is 1. The van der Waals surface area contributed by atoms with Gasteiger partial charge in [-0.15, -0.1) is 0 Å². The van der Waals surface area contributed by atoms with Gasteiger partial charge >= 0.3 is 5.97 Å². The first-order chi connectivity index (χ1) is 19.7. The van der Waals surface area contributed by atoms with Crippen molar-refractivity contribution < 1.29 is 28.9 Å². The molecule has 1 aromatic carbocycles. The molecule has 5 aliphatic rings. The number of β-lactam (4-membered cyclic amide) rings is 1. The van der Waals surface area contributed by atoms with Crippen molar-refractivity contribution in [3.05, 3.63) is 58.5 Å². The molecule has 9 nitrogen and oxygen atoms in total. The van der Waals surface area contributed by atoms with E-state index in [9.17, 15) is 19.8 Å². The van der Waals surface area contributed by atoms with Gasteiger partial charge in [-0.25, -0.2) is 9.36 Å². The second-order valence-electron chi connectivity index (χ2n) is 12.2. The lowest BCUT2D eigenvalue weighted by Crippen LogP contribution is -2.66. The second kappa shape index (κ2) is 9.95. The number of carboxylic acid groups (broad SMARTS) is 1. The van der Waals surface area contributed by atoms with Crippen LogP contribution >= 0.6 is 23.1 Å². The topological polar surface area (TPSA) is 89.4 Å². The summed E-state index contributed by atoms with van der Waals surface area (Å²) in [4.78, 5) is 31.0. The van der Waals surface area contributed by atoms with Gasteiger partial charge < -0.3 is 19.6 Å². The van der Waals surface area contributed by atoms with Gasteiger partial charge in [-0.3, -0.25) is 9.69 Å². The Morgan fingerprint density at radius 1 is 1.22 bits per heavy atom. The molecule has 0 saturated carbocycles. The number of hydrogen-bond donors (Lipinski definition) is 2. The molecule has 5 aliphatic heterocycles. The monoisotopic (exact) mass is 595 g/mol. The van der Waals surface area contributed by atoms with Gasteiger partial charge in [0.2, 0.25) is 15.8 Å². The first-order valence-electron chi connectivity index (χ1n) is 14.4. The quantitative estimate of drug-likeness (QED) is 0.180. The third-order valence-corrected chi connectivity index (χ3v) is 11.9. The molecule has 0 spiro atoms. The molecule has 0 aliphatic carbocycles. The van der Waals surface area contributed by atoms with Crippen molar-refractivity contribution in [2.45, 2.75) is 44.1 Å². The van der Waals surface area contributed by atoms with Crippen LogP contribution in [-0.2, 0) is 22.7 Å². The highest BCUT2D eigenvalue weighted by atomic mass is 32.2. The van der Waals surface area contributed by atoms with E-state index in [2.05, 4.69) is 50.7 Å². The molecule has 4 atom stereocenters. The van der Waals surface area contributed by atoms with Gasteiger partial charge in [-0.2, -0.15) is 4.40 Å². The zero-order valence-electron chi connectivity index (χ0n) is 23.7. The number of quaternary nitrogens is 1. The van der Waals surface area contributed by atoms with Crippen LogP contribution < -0.4 is 4.57 Å². The van der Waals surface area contributed by atoms with E-state index < -0.39 is 18.0 Å². The Hall–Kier alpha value is -2.70. The zero-order valence-corrected chi connectivity index (χ0v) is 25.3. The zero-order chi connectivity index (χ0) is 28.6. The number of rotatable bonds is 8. The number of hydrogen-bond acceptors (Lipinski definition) is 6. The van der Waals surface area contributed by atoms with Crippen molar-refractivity contribution in [2.75, 3.05) is 45.5 Å². The number of aliphatic carboxylic acids is 1. The third kappa shape index (κ3) is 4.27. The average molecular weight is 596 g/mol. The fourth-order valence-corrected chi connectivity index (χ4v) is 9.83. The van der Waals surface area contributed by atoms with Gasteiger partial charge in [0.25, 0.3) is 6.33 Å². The molecule has 3 aromatic rings. The van der Waals surface area contributed by atoms with E-state index in [1.807, 2.05) is 13.1 Å². The molecular formula is C30H37N5O4S2+2. The maximum atomic E-state index is 12.8. The van der Waals surface area contributed by atoms with Crippen molar-refractivity contribution in [1.29, 1.82) is 0 Å². The Labute approximate surface area is 247 Å². The predicted octanol–water partition coefficient (Wildman–Crippen LogP) is 2.36. The number of aliphatic hydroxyl groups is 1. The molecule has 11 heteroatoms. The van der Waals surface area contributed by atoms with Crippen LogP contribution in [0.15, 0.2) is 47.5 Å². The van der Waals surface area contributed by atoms with Crippen LogP contribution in [0.4, 0.5) is 0 Å². The first kappa shape index (κ1) is 27.2. The van der Waals surface area contributed by atoms with E-state index in [1.165, 1.54) is 59.8 Å². The van der Waals surface area contributed by atoms with Gasteiger partial charge in [0.1, 0.15) is 25.0 Å². The highest BCUT2D eigenvalue weighted by molar-refractivity contribution is 7.98. The number of carbonyl (C=O) groups excluding carboxylic acids is 1. The van der Waals surface area contributed by atoms with Crippen LogP contribution in [0.5, 0.6) is 0 Å². The summed E-state index contributed by atoms with van der Waals surface area (Å²) in [5, 5.41) is 21.4. The summed E-state index contributed by atoms with van der Waals surface area (Å²) >= 11 is 3.26. The standard InChI is InChI=1S/C30H36N5O4S2/c1-18-23(26(30(38)39)34-25(18)24(19(2)36)27(34)37)22-15-33-17-32(28(40-3)29(33)41-22)14-20-5-4-6-21(13-20)16-35-10-7-31(8-11-35)9-12-35/h4-6,13,15,17-19,24-25,36H,7-12,14,16H2,1-3H3/q+1/p+1/t18-,19+,24+,25+/m0/s1. The molecule has 4 saturated heterocycles. The minimum absolute atomic E-state index is 0.0609. The van der Waals surface area contributed by atoms with E-state index in [-0.39, 0.29) is 23.6 Å². The summed E-state index contributed by atoms with van der Waals surface area (Å²) in [5.41, 5.74) is 3.43. The van der Waals surface area contributed by atoms with Crippen LogP contribution in [0.1, 0.15) is 29.9 Å². The van der Waals surface area contributed by atoms with Crippen molar-refractivity contribution in [3.8, 4) is 0 Å². The summed E-state index contributed by atoms with van der Waals surface area (Å²) in [6.07, 6.45) is 5.36. The predicted molar refractivity (Wildman–Crippen MR) is 157 cm³/mol. The fourth-order valence-electron chi connectivity index (χ4n) is 7.65. The molecule has 4 fully saturated rings. The fraction of sp³-hybridized carbons (Fsp3) is 0.500. The number of aromatic nitrogens is 2. The third-order valence-electron chi connectivity index (χ3n) is 9.77. The maximum Gasteiger partial charge on any atom is 0.352 e. The van der Waals surface area contributed by atoms with Crippen LogP contribution in [0.25, 0.3) is 10.4 Å². The summed E-state index contributed by atoms with van der Waals surface area (Å²) in [7, 11) is 0. The van der Waals surface area contributed by atoms with Crippen molar-refractivity contribution >= 4 is 45.4 Å². The molecule has 41 heavy (non-hydrogen) atoms. The second-order valence-corrected chi connectivity index (χ2v) is 14.0. The summed E-state index contributed by atoms with van der Waals surface area (Å²) < 4.78 is 5.57. The molecule has 2 N–H and O–H groups in total. The number of imidazole rings is 1. The Morgan fingerprint density at radius 3 is 2.59 bits per heavy atom. The number of fused-ring (bicyclic) bond motifs is 5. The molecule has 2 aromatic heterocycles. The Kier molecular flexibility index (Phi) is 6.59.